The lowest BCUT2D eigenvalue weighted by Gasteiger charge is -2.66. The number of carbonyl (C=O) groups excluding carboxylic acids is 2. The van der Waals surface area contributed by atoms with Gasteiger partial charge in [0.05, 0.1) is 6.54 Å². The van der Waals surface area contributed by atoms with Gasteiger partial charge in [0.25, 0.3) is 0 Å². The fourth-order valence-corrected chi connectivity index (χ4v) is 3.97. The summed E-state index contributed by atoms with van der Waals surface area (Å²) in [5, 5.41) is 2.41. The van der Waals surface area contributed by atoms with Gasteiger partial charge in [-0.2, -0.15) is 0 Å². The number of benzene rings is 1. The molecule has 0 saturated heterocycles. The van der Waals surface area contributed by atoms with Crippen molar-refractivity contribution in [2.24, 2.45) is 11.7 Å². The molecule has 112 valence electrons. The summed E-state index contributed by atoms with van der Waals surface area (Å²) in [6, 6.07) is 7.51. The third-order valence-corrected chi connectivity index (χ3v) is 5.19. The minimum absolute atomic E-state index is 0.0221. The van der Waals surface area contributed by atoms with E-state index in [-0.39, 0.29) is 18.0 Å². The molecule has 0 atom stereocenters. The van der Waals surface area contributed by atoms with Crippen LogP contribution in [0.15, 0.2) is 24.3 Å². The second-order valence-electron chi connectivity index (χ2n) is 6.03. The van der Waals surface area contributed by atoms with E-state index >= 15 is 0 Å². The van der Waals surface area contributed by atoms with Crippen molar-refractivity contribution in [2.45, 2.75) is 31.3 Å². The van der Waals surface area contributed by atoms with E-state index in [1.165, 1.54) is 0 Å². The van der Waals surface area contributed by atoms with Gasteiger partial charge in [0.1, 0.15) is 0 Å². The molecule has 0 heterocycles. The number of primary amides is 1. The second-order valence-corrected chi connectivity index (χ2v) is 7.28. The Morgan fingerprint density at radius 1 is 1.38 bits per heavy atom. The molecular formula is C15H18IN3O2. The lowest BCUT2D eigenvalue weighted by atomic mass is 9.49. The first kappa shape index (κ1) is 14.6. The van der Waals surface area contributed by atoms with Crippen molar-refractivity contribution in [1.29, 1.82) is 0 Å². The van der Waals surface area contributed by atoms with Crippen LogP contribution >= 0.6 is 22.6 Å². The summed E-state index contributed by atoms with van der Waals surface area (Å²) in [6.45, 7) is 0.578. The summed E-state index contributed by atoms with van der Waals surface area (Å²) in [6.07, 6.45) is 3.29. The number of rotatable bonds is 5. The van der Waals surface area contributed by atoms with E-state index in [1.54, 1.807) is 0 Å². The van der Waals surface area contributed by atoms with Crippen LogP contribution in [0, 0.1) is 9.49 Å². The number of nitrogens with one attached hydrogen (secondary N) is 1. The monoisotopic (exact) mass is 399 g/mol. The number of amides is 3. The van der Waals surface area contributed by atoms with Gasteiger partial charge in [-0.15, -0.1) is 0 Å². The average molecular weight is 399 g/mol. The van der Waals surface area contributed by atoms with E-state index in [1.807, 2.05) is 23.1 Å². The third-order valence-electron chi connectivity index (χ3n) is 4.52. The molecule has 6 heteroatoms. The molecule has 3 aliphatic rings. The molecule has 3 aliphatic carbocycles. The maximum Gasteiger partial charge on any atom is 0.312 e. The standard InChI is InChI=1S/C15H18IN3O2/c16-12-3-1-2-10(4-12)9-19(13(20)8-18-14(17)21)15-5-11(6-15)7-15/h1-4,11H,5-9H2,(H3,17,18,21). The van der Waals surface area contributed by atoms with Crippen LogP contribution in [-0.4, -0.2) is 28.9 Å². The molecule has 3 N–H and O–H groups in total. The van der Waals surface area contributed by atoms with Crippen LogP contribution in [0.4, 0.5) is 4.79 Å². The van der Waals surface area contributed by atoms with Crippen molar-refractivity contribution in [3.63, 3.8) is 0 Å². The predicted octanol–water partition coefficient (Wildman–Crippen LogP) is 1.84. The van der Waals surface area contributed by atoms with Gasteiger partial charge in [-0.3, -0.25) is 4.79 Å². The SMILES string of the molecule is NC(=O)NCC(=O)N(Cc1cccc(I)c1)C12CC(C1)C2. The van der Waals surface area contributed by atoms with E-state index in [0.29, 0.717) is 6.54 Å². The predicted molar refractivity (Wildman–Crippen MR) is 87.4 cm³/mol. The van der Waals surface area contributed by atoms with Crippen molar-refractivity contribution in [3.8, 4) is 0 Å². The minimum Gasteiger partial charge on any atom is -0.352 e. The molecular weight excluding hydrogens is 381 g/mol. The van der Waals surface area contributed by atoms with Gasteiger partial charge in [0, 0.05) is 15.7 Å². The Balaban J connectivity index is 1.73. The van der Waals surface area contributed by atoms with E-state index in [2.05, 4.69) is 34.0 Å². The van der Waals surface area contributed by atoms with Crippen LogP contribution in [0.25, 0.3) is 0 Å². The summed E-state index contributed by atoms with van der Waals surface area (Å²) in [5.74, 6) is 0.742. The van der Waals surface area contributed by atoms with E-state index in [4.69, 9.17) is 5.73 Å². The van der Waals surface area contributed by atoms with Crippen LogP contribution in [0.5, 0.6) is 0 Å². The number of carbonyl (C=O) groups is 2. The highest BCUT2D eigenvalue weighted by atomic mass is 127. The number of halogens is 1. The smallest absolute Gasteiger partial charge is 0.312 e. The first-order valence-corrected chi connectivity index (χ1v) is 8.15. The number of urea groups is 1. The van der Waals surface area contributed by atoms with Crippen molar-refractivity contribution >= 4 is 34.5 Å². The number of nitrogens with two attached hydrogens (primary N) is 1. The Bertz CT molecular complexity index is 573. The molecule has 0 spiro atoms. The Hall–Kier alpha value is -1.31. The summed E-state index contributed by atoms with van der Waals surface area (Å²) < 4.78 is 1.16. The Morgan fingerprint density at radius 2 is 2.10 bits per heavy atom. The third kappa shape index (κ3) is 2.86. The Kier molecular flexibility index (Phi) is 3.81. The topological polar surface area (TPSA) is 75.4 Å². The molecule has 4 rings (SSSR count). The number of hydrogen-bond donors (Lipinski definition) is 2. The molecule has 1 aromatic rings. The number of nitrogens with zero attached hydrogens (tertiary/aromatic N) is 1. The highest BCUT2D eigenvalue weighted by molar-refractivity contribution is 14.1. The molecule has 3 amide bonds. The van der Waals surface area contributed by atoms with Gasteiger partial charge in [-0.1, -0.05) is 12.1 Å². The van der Waals surface area contributed by atoms with Gasteiger partial charge in [-0.05, 0) is 65.5 Å². The molecule has 0 radical (unpaired) electrons. The fraction of sp³-hybridized carbons (Fsp3) is 0.467. The Morgan fingerprint density at radius 3 is 2.62 bits per heavy atom. The van der Waals surface area contributed by atoms with E-state index in [0.717, 1.165) is 34.3 Å². The Labute approximate surface area is 137 Å². The lowest BCUT2D eigenvalue weighted by Crippen LogP contribution is -2.70. The van der Waals surface area contributed by atoms with Crippen LogP contribution in [-0.2, 0) is 11.3 Å². The van der Waals surface area contributed by atoms with E-state index < -0.39 is 6.03 Å². The van der Waals surface area contributed by atoms with Gasteiger partial charge >= 0.3 is 6.03 Å². The lowest BCUT2D eigenvalue weighted by molar-refractivity contribution is -0.173. The van der Waals surface area contributed by atoms with Gasteiger partial charge in [-0.25, -0.2) is 4.79 Å². The number of hydrogen-bond acceptors (Lipinski definition) is 2. The molecule has 1 aromatic carbocycles. The molecule has 3 saturated carbocycles. The molecule has 2 bridgehead atoms. The highest BCUT2D eigenvalue weighted by Crippen LogP contribution is 2.60. The van der Waals surface area contributed by atoms with Gasteiger partial charge < -0.3 is 16.0 Å². The molecule has 0 unspecified atom stereocenters. The molecule has 0 aromatic heterocycles. The largest absolute Gasteiger partial charge is 0.352 e. The summed E-state index contributed by atoms with van der Waals surface area (Å²) in [5.41, 5.74) is 6.21. The van der Waals surface area contributed by atoms with Crippen molar-refractivity contribution in [3.05, 3.63) is 33.4 Å². The zero-order valence-electron chi connectivity index (χ0n) is 11.6. The van der Waals surface area contributed by atoms with E-state index in [9.17, 15) is 9.59 Å². The first-order chi connectivity index (χ1) is 9.98. The van der Waals surface area contributed by atoms with Gasteiger partial charge in [0.15, 0.2) is 0 Å². The van der Waals surface area contributed by atoms with Crippen LogP contribution in [0.2, 0.25) is 0 Å². The van der Waals surface area contributed by atoms with Crippen LogP contribution in [0.1, 0.15) is 24.8 Å². The summed E-state index contributed by atoms with van der Waals surface area (Å²) in [7, 11) is 0. The molecule has 21 heavy (non-hydrogen) atoms. The molecule has 5 nitrogen and oxygen atoms in total. The summed E-state index contributed by atoms with van der Waals surface area (Å²) >= 11 is 2.27. The normalized spacial score (nSPS) is 25.5. The molecule has 0 aliphatic heterocycles. The van der Waals surface area contributed by atoms with Crippen molar-refractivity contribution in [1.82, 2.24) is 10.2 Å². The van der Waals surface area contributed by atoms with Crippen molar-refractivity contribution in [2.75, 3.05) is 6.54 Å². The van der Waals surface area contributed by atoms with Crippen LogP contribution < -0.4 is 11.1 Å². The second kappa shape index (κ2) is 5.47. The van der Waals surface area contributed by atoms with Crippen molar-refractivity contribution < 1.29 is 9.59 Å². The maximum atomic E-state index is 12.5. The fourth-order valence-electron chi connectivity index (χ4n) is 3.36. The molecule has 3 fully saturated rings. The summed E-state index contributed by atoms with van der Waals surface area (Å²) in [4.78, 5) is 25.2. The van der Waals surface area contributed by atoms with Gasteiger partial charge in [0.2, 0.25) is 5.91 Å². The quantitative estimate of drug-likeness (QED) is 0.742. The first-order valence-electron chi connectivity index (χ1n) is 7.07. The van der Waals surface area contributed by atoms with Crippen LogP contribution in [0.3, 0.4) is 0 Å². The highest BCUT2D eigenvalue weighted by Gasteiger charge is 2.60. The minimum atomic E-state index is -0.657. The zero-order valence-corrected chi connectivity index (χ0v) is 13.8. The maximum absolute atomic E-state index is 12.5. The zero-order chi connectivity index (χ0) is 15.0. The average Bonchev–Trinajstić information content (AvgIpc) is 2.31.